The second-order valence-corrected chi connectivity index (χ2v) is 3.16. The van der Waals surface area contributed by atoms with Gasteiger partial charge in [0.2, 0.25) is 0 Å². The van der Waals surface area contributed by atoms with E-state index in [9.17, 15) is 9.59 Å². The first-order valence-electron chi connectivity index (χ1n) is 4.71. The van der Waals surface area contributed by atoms with Gasteiger partial charge < -0.3 is 14.3 Å². The molecule has 0 aliphatic heterocycles. The van der Waals surface area contributed by atoms with E-state index in [2.05, 4.69) is 9.72 Å². The number of hydrogen-bond acceptors (Lipinski definition) is 5. The maximum atomic E-state index is 11.2. The number of pyridine rings is 1. The first-order chi connectivity index (χ1) is 7.72. The van der Waals surface area contributed by atoms with Gasteiger partial charge in [-0.2, -0.15) is 0 Å². The Morgan fingerprint density at radius 1 is 1.56 bits per heavy atom. The molecule has 0 saturated heterocycles. The lowest BCUT2D eigenvalue weighted by Crippen LogP contribution is -2.10. The molecule has 1 atom stereocenters. The van der Waals surface area contributed by atoms with Crippen LogP contribution in [0.3, 0.4) is 0 Å². The van der Waals surface area contributed by atoms with Crippen LogP contribution in [-0.4, -0.2) is 38.1 Å². The Labute approximate surface area is 93.4 Å². The monoisotopic (exact) mass is 223 g/mol. The highest BCUT2D eigenvalue weighted by molar-refractivity contribution is 5.87. The van der Waals surface area contributed by atoms with E-state index in [1.54, 1.807) is 6.07 Å². The molecule has 0 fully saturated rings. The predicted molar refractivity (Wildman–Crippen MR) is 56.3 cm³/mol. The molecule has 1 aromatic heterocycles. The summed E-state index contributed by atoms with van der Waals surface area (Å²) in [5.74, 6) is -0.916. The number of nitrogens with zero attached hydrogens (tertiary/aromatic N) is 1. The summed E-state index contributed by atoms with van der Waals surface area (Å²) in [5, 5.41) is 0. The minimum atomic E-state index is -0.524. The molecule has 86 valence electrons. The van der Waals surface area contributed by atoms with Gasteiger partial charge in [0, 0.05) is 13.3 Å². The third kappa shape index (κ3) is 2.87. The molecule has 1 heterocycles. The van der Waals surface area contributed by atoms with Gasteiger partial charge in [0.25, 0.3) is 0 Å². The van der Waals surface area contributed by atoms with Gasteiger partial charge in [-0.3, -0.25) is 0 Å². The normalized spacial score (nSPS) is 11.9. The third-order valence-corrected chi connectivity index (χ3v) is 2.12. The van der Waals surface area contributed by atoms with Crippen molar-refractivity contribution in [3.05, 3.63) is 29.6 Å². The molecule has 0 aliphatic carbocycles. The average molecular weight is 223 g/mol. The van der Waals surface area contributed by atoms with Crippen LogP contribution in [-0.2, 0) is 14.3 Å². The standard InChI is InChI=1S/C11H13NO4/c1-15-7-9(6-13)8-3-4-12-10(5-8)11(14)16-2/h3-6,9H,7H2,1-2H3. The molecule has 1 rings (SSSR count). The van der Waals surface area contributed by atoms with Crippen molar-refractivity contribution in [2.45, 2.75) is 5.92 Å². The molecular weight excluding hydrogens is 210 g/mol. The molecule has 5 heteroatoms. The fourth-order valence-corrected chi connectivity index (χ4v) is 1.29. The topological polar surface area (TPSA) is 65.5 Å². The van der Waals surface area contributed by atoms with Crippen molar-refractivity contribution in [3.63, 3.8) is 0 Å². The Bertz CT molecular complexity index is 378. The van der Waals surface area contributed by atoms with Crippen LogP contribution in [0.2, 0.25) is 0 Å². The zero-order valence-corrected chi connectivity index (χ0v) is 9.17. The van der Waals surface area contributed by atoms with E-state index in [1.807, 2.05) is 0 Å². The maximum Gasteiger partial charge on any atom is 0.356 e. The van der Waals surface area contributed by atoms with Crippen molar-refractivity contribution in [2.24, 2.45) is 0 Å². The third-order valence-electron chi connectivity index (χ3n) is 2.12. The van der Waals surface area contributed by atoms with Crippen LogP contribution in [0.4, 0.5) is 0 Å². The number of hydrogen-bond donors (Lipinski definition) is 0. The fraction of sp³-hybridized carbons (Fsp3) is 0.364. The maximum absolute atomic E-state index is 11.2. The van der Waals surface area contributed by atoms with Crippen LogP contribution in [0, 0.1) is 0 Å². The molecule has 0 N–H and O–H groups in total. The van der Waals surface area contributed by atoms with Gasteiger partial charge in [0.15, 0.2) is 0 Å². The first kappa shape index (κ1) is 12.3. The minimum Gasteiger partial charge on any atom is -0.464 e. The van der Waals surface area contributed by atoms with Crippen molar-refractivity contribution >= 4 is 12.3 Å². The zero-order valence-electron chi connectivity index (χ0n) is 9.17. The molecule has 0 aromatic carbocycles. The quantitative estimate of drug-likeness (QED) is 0.545. The van der Waals surface area contributed by atoms with Crippen LogP contribution in [0.1, 0.15) is 22.0 Å². The summed E-state index contributed by atoms with van der Waals surface area (Å²) in [4.78, 5) is 25.9. The Morgan fingerprint density at radius 3 is 2.88 bits per heavy atom. The molecule has 0 amide bonds. The van der Waals surface area contributed by atoms with Gasteiger partial charge >= 0.3 is 5.97 Å². The van der Waals surface area contributed by atoms with Gasteiger partial charge in [-0.1, -0.05) is 0 Å². The molecule has 0 saturated carbocycles. The van der Waals surface area contributed by atoms with Gasteiger partial charge in [0.05, 0.1) is 19.6 Å². The number of esters is 1. The molecule has 0 spiro atoms. The van der Waals surface area contributed by atoms with Gasteiger partial charge in [-0.15, -0.1) is 0 Å². The summed E-state index contributed by atoms with van der Waals surface area (Å²) in [5.41, 5.74) is 0.871. The molecular formula is C11H13NO4. The lowest BCUT2D eigenvalue weighted by Gasteiger charge is -2.09. The van der Waals surface area contributed by atoms with E-state index in [-0.39, 0.29) is 12.3 Å². The highest BCUT2D eigenvalue weighted by atomic mass is 16.5. The van der Waals surface area contributed by atoms with Crippen molar-refractivity contribution in [1.82, 2.24) is 4.98 Å². The number of aldehydes is 1. The van der Waals surface area contributed by atoms with Crippen LogP contribution in [0.15, 0.2) is 18.3 Å². The smallest absolute Gasteiger partial charge is 0.356 e. The van der Waals surface area contributed by atoms with E-state index in [4.69, 9.17) is 4.74 Å². The minimum absolute atomic E-state index is 0.183. The van der Waals surface area contributed by atoms with Gasteiger partial charge in [0.1, 0.15) is 12.0 Å². The SMILES string of the molecule is COCC(C=O)c1ccnc(C(=O)OC)c1. The van der Waals surface area contributed by atoms with Gasteiger partial charge in [-0.05, 0) is 17.7 Å². The number of aromatic nitrogens is 1. The lowest BCUT2D eigenvalue weighted by molar-refractivity contribution is -0.110. The Morgan fingerprint density at radius 2 is 2.31 bits per heavy atom. The average Bonchev–Trinajstić information content (AvgIpc) is 2.35. The van der Waals surface area contributed by atoms with Crippen LogP contribution in [0.25, 0.3) is 0 Å². The van der Waals surface area contributed by atoms with E-state index in [0.717, 1.165) is 6.29 Å². The summed E-state index contributed by atoms with van der Waals surface area (Å²) in [7, 11) is 2.79. The van der Waals surface area contributed by atoms with E-state index >= 15 is 0 Å². The molecule has 0 aliphatic rings. The largest absolute Gasteiger partial charge is 0.464 e. The van der Waals surface area contributed by atoms with Crippen molar-refractivity contribution < 1.29 is 19.1 Å². The van der Waals surface area contributed by atoms with E-state index < -0.39 is 11.9 Å². The summed E-state index contributed by atoms with van der Waals surface area (Å²) in [6.45, 7) is 0.272. The number of carbonyl (C=O) groups is 2. The summed E-state index contributed by atoms with van der Waals surface area (Å²) < 4.78 is 9.45. The molecule has 1 unspecified atom stereocenters. The van der Waals surface area contributed by atoms with Crippen LogP contribution >= 0.6 is 0 Å². The molecule has 0 bridgehead atoms. The van der Waals surface area contributed by atoms with E-state index in [0.29, 0.717) is 5.56 Å². The molecule has 16 heavy (non-hydrogen) atoms. The summed E-state index contributed by atoms with van der Waals surface area (Å²) in [6.07, 6.45) is 2.24. The van der Waals surface area contributed by atoms with Crippen LogP contribution in [0.5, 0.6) is 0 Å². The van der Waals surface area contributed by atoms with Crippen molar-refractivity contribution in [3.8, 4) is 0 Å². The van der Waals surface area contributed by atoms with Crippen molar-refractivity contribution in [2.75, 3.05) is 20.8 Å². The highest BCUT2D eigenvalue weighted by Crippen LogP contribution is 2.14. The highest BCUT2D eigenvalue weighted by Gasteiger charge is 2.14. The number of rotatable bonds is 5. The molecule has 1 aromatic rings. The fourth-order valence-electron chi connectivity index (χ4n) is 1.29. The van der Waals surface area contributed by atoms with Gasteiger partial charge in [-0.25, -0.2) is 9.78 Å². The second kappa shape index (κ2) is 5.97. The van der Waals surface area contributed by atoms with E-state index in [1.165, 1.54) is 26.5 Å². The summed E-state index contributed by atoms with van der Waals surface area (Å²) >= 11 is 0. The Kier molecular flexibility index (Phi) is 4.60. The predicted octanol–water partition coefficient (Wildman–Crippen LogP) is 0.797. The Balaban J connectivity index is 2.96. The summed E-state index contributed by atoms with van der Waals surface area (Å²) in [6, 6.07) is 3.20. The molecule has 0 radical (unpaired) electrons. The number of carbonyl (C=O) groups excluding carboxylic acids is 2. The second-order valence-electron chi connectivity index (χ2n) is 3.16. The number of methoxy groups -OCH3 is 2. The lowest BCUT2D eigenvalue weighted by atomic mass is 10.0. The molecule has 5 nitrogen and oxygen atoms in total. The number of ether oxygens (including phenoxy) is 2. The zero-order chi connectivity index (χ0) is 12.0. The van der Waals surface area contributed by atoms with Crippen molar-refractivity contribution in [1.29, 1.82) is 0 Å². The Hall–Kier alpha value is -1.75. The van der Waals surface area contributed by atoms with Crippen LogP contribution < -0.4 is 0 Å². The first-order valence-corrected chi connectivity index (χ1v) is 4.71.